The van der Waals surface area contributed by atoms with Crippen molar-refractivity contribution in [3.05, 3.63) is 12.2 Å². The maximum Gasteiger partial charge on any atom is 0.330 e. The fourth-order valence-corrected chi connectivity index (χ4v) is 0.865. The fraction of sp³-hybridized carbons (Fsp3) is 0.700. The van der Waals surface area contributed by atoms with E-state index in [1.165, 1.54) is 6.92 Å². The lowest BCUT2D eigenvalue weighted by molar-refractivity contribution is -0.202. The summed E-state index contributed by atoms with van der Waals surface area (Å²) in [6, 6.07) is 0. The van der Waals surface area contributed by atoms with Gasteiger partial charge in [0.25, 0.3) is 0 Å². The zero-order chi connectivity index (χ0) is 13.4. The van der Waals surface area contributed by atoms with Crippen LogP contribution in [0.15, 0.2) is 12.2 Å². The quantitative estimate of drug-likeness (QED) is 0.422. The fourth-order valence-electron chi connectivity index (χ4n) is 0.629. The molecule has 96 valence electrons. The molecule has 0 aromatic rings. The number of methoxy groups -OCH3 is 3. The minimum absolute atomic E-state index is 0.00540. The Balaban J connectivity index is 0. The molecular formula is C10H22O5Si. The van der Waals surface area contributed by atoms with Crippen molar-refractivity contribution in [3.8, 4) is 0 Å². The van der Waals surface area contributed by atoms with Gasteiger partial charge in [0.2, 0.25) is 0 Å². The molecule has 1 unspecified atom stereocenters. The summed E-state index contributed by atoms with van der Waals surface area (Å²) in [6.07, 6.45) is -0.00540. The topological polar surface area (TPSA) is 65.0 Å². The zero-order valence-electron chi connectivity index (χ0n) is 10.9. The van der Waals surface area contributed by atoms with Gasteiger partial charge in [-0.2, -0.15) is 0 Å². The van der Waals surface area contributed by atoms with Gasteiger partial charge in [-0.1, -0.05) is 6.58 Å². The Bertz CT molecular complexity index is 213. The van der Waals surface area contributed by atoms with Gasteiger partial charge >= 0.3 is 5.97 Å². The van der Waals surface area contributed by atoms with Gasteiger partial charge < -0.3 is 19.3 Å². The Kier molecular flexibility index (Phi) is 9.35. The lowest BCUT2D eigenvalue weighted by atomic mass is 10.4. The van der Waals surface area contributed by atoms with Crippen LogP contribution in [0.4, 0.5) is 0 Å². The van der Waals surface area contributed by atoms with Gasteiger partial charge in [-0.3, -0.25) is 0 Å². The van der Waals surface area contributed by atoms with Crippen LogP contribution in [0.3, 0.4) is 0 Å². The second kappa shape index (κ2) is 8.46. The summed E-state index contributed by atoms with van der Waals surface area (Å²) in [5.41, 5.74) is -0.315. The molecule has 0 bridgehead atoms. The first kappa shape index (κ1) is 17.7. The van der Waals surface area contributed by atoms with Crippen molar-refractivity contribution in [2.45, 2.75) is 25.4 Å². The van der Waals surface area contributed by atoms with Crippen molar-refractivity contribution in [1.29, 1.82) is 0 Å². The van der Waals surface area contributed by atoms with E-state index in [4.69, 9.17) is 19.3 Å². The molecule has 0 spiro atoms. The Morgan fingerprint density at radius 3 is 1.75 bits per heavy atom. The van der Waals surface area contributed by atoms with Crippen molar-refractivity contribution in [1.82, 2.24) is 0 Å². The number of aliphatic carboxylic acids is 1. The molecule has 0 aromatic heterocycles. The van der Waals surface area contributed by atoms with E-state index < -0.39 is 11.4 Å². The Morgan fingerprint density at radius 1 is 1.38 bits per heavy atom. The molecule has 5 nitrogen and oxygen atoms in total. The first-order chi connectivity index (χ1) is 7.25. The van der Waals surface area contributed by atoms with Crippen LogP contribution in [-0.4, -0.2) is 54.2 Å². The summed E-state index contributed by atoms with van der Waals surface area (Å²) in [5, 5.41) is 7.89. The average molecular weight is 250 g/mol. The Labute approximate surface area is 99.8 Å². The molecule has 0 fully saturated rings. The van der Waals surface area contributed by atoms with Gasteiger partial charge in [0.05, 0.1) is 10.2 Å². The van der Waals surface area contributed by atoms with Crippen molar-refractivity contribution in [3.63, 3.8) is 0 Å². The van der Waals surface area contributed by atoms with Crippen LogP contribution in [0.5, 0.6) is 0 Å². The molecule has 0 aliphatic rings. The minimum atomic E-state index is -0.935. The van der Waals surface area contributed by atoms with Gasteiger partial charge in [-0.25, -0.2) is 4.79 Å². The number of carboxylic acids is 1. The van der Waals surface area contributed by atoms with E-state index in [0.717, 1.165) is 10.2 Å². The standard InChI is InChI=1S/C6H16O3Si.C4H6O2/c1-5(7-2)6(10,8-3)9-4;1-3(2)4(5)6/h5H,1-4,10H3;1H2,2H3,(H,5,6). The van der Waals surface area contributed by atoms with Crippen LogP contribution in [0.2, 0.25) is 0 Å². The molecule has 0 heterocycles. The van der Waals surface area contributed by atoms with Crippen LogP contribution < -0.4 is 0 Å². The van der Waals surface area contributed by atoms with E-state index in [2.05, 4.69) is 6.58 Å². The molecule has 0 amide bonds. The Morgan fingerprint density at radius 2 is 1.69 bits per heavy atom. The van der Waals surface area contributed by atoms with Crippen molar-refractivity contribution < 1.29 is 24.1 Å². The number of carboxylic acid groups (broad SMARTS) is 1. The number of ether oxygens (including phenoxy) is 3. The molecule has 0 aliphatic heterocycles. The van der Waals surface area contributed by atoms with E-state index >= 15 is 0 Å². The van der Waals surface area contributed by atoms with Crippen molar-refractivity contribution in [2.75, 3.05) is 21.3 Å². The van der Waals surface area contributed by atoms with E-state index in [1.54, 1.807) is 21.3 Å². The van der Waals surface area contributed by atoms with Gasteiger partial charge in [-0.15, -0.1) is 0 Å². The molecule has 0 saturated carbocycles. The maximum absolute atomic E-state index is 9.60. The van der Waals surface area contributed by atoms with E-state index in [9.17, 15) is 4.79 Å². The summed E-state index contributed by atoms with van der Waals surface area (Å²) in [6.45, 7) is 6.53. The number of hydrogen-bond donors (Lipinski definition) is 1. The molecule has 1 N–H and O–H groups in total. The summed E-state index contributed by atoms with van der Waals surface area (Å²) >= 11 is 0. The average Bonchev–Trinajstić information content (AvgIpc) is 2.27. The highest BCUT2D eigenvalue weighted by Crippen LogP contribution is 2.13. The summed E-state index contributed by atoms with van der Waals surface area (Å²) in [4.78, 5) is 9.60. The highest BCUT2D eigenvalue weighted by Gasteiger charge is 2.29. The highest BCUT2D eigenvalue weighted by molar-refractivity contribution is 6.13. The first-order valence-electron chi connectivity index (χ1n) is 4.77. The van der Waals surface area contributed by atoms with Gasteiger partial charge in [0.15, 0.2) is 5.41 Å². The van der Waals surface area contributed by atoms with Gasteiger partial charge in [-0.05, 0) is 13.8 Å². The number of carbonyl (C=O) groups is 1. The van der Waals surface area contributed by atoms with E-state index in [1.807, 2.05) is 6.92 Å². The molecule has 0 radical (unpaired) electrons. The molecule has 0 aliphatic carbocycles. The van der Waals surface area contributed by atoms with Crippen LogP contribution in [0, 0.1) is 0 Å². The SMILES string of the molecule is C=C(C)C(=O)O.COC(C)C([SiH3])(OC)OC. The van der Waals surface area contributed by atoms with Crippen molar-refractivity contribution >= 4 is 16.2 Å². The monoisotopic (exact) mass is 250 g/mol. The normalized spacial score (nSPS) is 12.6. The molecule has 0 aromatic carbocycles. The van der Waals surface area contributed by atoms with E-state index in [-0.39, 0.29) is 11.7 Å². The smallest absolute Gasteiger partial charge is 0.330 e. The van der Waals surface area contributed by atoms with Crippen LogP contribution in [-0.2, 0) is 19.0 Å². The summed E-state index contributed by atoms with van der Waals surface area (Å²) in [7, 11) is 5.70. The zero-order valence-corrected chi connectivity index (χ0v) is 12.9. The molecule has 6 heteroatoms. The Hall–Kier alpha value is -0.693. The molecular weight excluding hydrogens is 228 g/mol. The molecule has 0 rings (SSSR count). The lowest BCUT2D eigenvalue weighted by Crippen LogP contribution is -2.45. The third kappa shape index (κ3) is 6.73. The lowest BCUT2D eigenvalue weighted by Gasteiger charge is -2.31. The molecule has 1 atom stereocenters. The third-order valence-electron chi connectivity index (χ3n) is 2.27. The minimum Gasteiger partial charge on any atom is -0.478 e. The largest absolute Gasteiger partial charge is 0.478 e. The second-order valence-electron chi connectivity index (χ2n) is 3.39. The number of hydrogen-bond acceptors (Lipinski definition) is 4. The van der Waals surface area contributed by atoms with Crippen LogP contribution in [0.1, 0.15) is 13.8 Å². The van der Waals surface area contributed by atoms with E-state index in [0.29, 0.717) is 0 Å². The third-order valence-corrected chi connectivity index (χ3v) is 3.90. The van der Waals surface area contributed by atoms with Gasteiger partial charge in [0, 0.05) is 26.9 Å². The molecule has 16 heavy (non-hydrogen) atoms. The number of rotatable bonds is 5. The highest BCUT2D eigenvalue weighted by atomic mass is 28.1. The molecule has 0 saturated heterocycles. The van der Waals surface area contributed by atoms with Crippen LogP contribution >= 0.6 is 0 Å². The predicted molar refractivity (Wildman–Crippen MR) is 65.6 cm³/mol. The second-order valence-corrected chi connectivity index (χ2v) is 4.78. The maximum atomic E-state index is 9.60. The van der Waals surface area contributed by atoms with Crippen molar-refractivity contribution in [2.24, 2.45) is 0 Å². The van der Waals surface area contributed by atoms with Crippen LogP contribution in [0.25, 0.3) is 0 Å². The summed E-state index contributed by atoms with van der Waals surface area (Å²) in [5.74, 6) is -0.935. The van der Waals surface area contributed by atoms with Gasteiger partial charge in [0.1, 0.15) is 6.10 Å². The summed E-state index contributed by atoms with van der Waals surface area (Å²) < 4.78 is 15.4. The first-order valence-corrected chi connectivity index (χ1v) is 5.77. The predicted octanol–water partition coefficient (Wildman–Crippen LogP) is -0.0196.